The van der Waals surface area contributed by atoms with Crippen LogP contribution in [0.4, 0.5) is 9.18 Å². The monoisotopic (exact) mass is 380 g/mol. The summed E-state index contributed by atoms with van der Waals surface area (Å²) in [5, 5.41) is 4.77. The Morgan fingerprint density at radius 3 is 2.41 bits per heavy atom. The molecule has 0 radical (unpaired) electrons. The number of nitrogens with zero attached hydrogens (tertiary/aromatic N) is 2. The highest BCUT2D eigenvalue weighted by Crippen LogP contribution is 2.08. The molecule has 8 nitrogen and oxygen atoms in total. The van der Waals surface area contributed by atoms with Crippen LogP contribution in [0.25, 0.3) is 0 Å². The molecule has 1 fully saturated rings. The van der Waals surface area contributed by atoms with Gasteiger partial charge in [-0.1, -0.05) is 12.1 Å². The van der Waals surface area contributed by atoms with Crippen LogP contribution in [0.2, 0.25) is 0 Å². The molecule has 9 heteroatoms. The molecule has 1 aromatic carbocycles. The van der Waals surface area contributed by atoms with Crippen molar-refractivity contribution in [2.24, 2.45) is 0 Å². The standard InChI is InChI=1S/C18H25FN4O4/c1-27-11-6-20-18(26)21-16(24)13-22-7-9-23(10-8-22)17(25)12-14-2-4-15(19)5-3-14/h2-5H,6-13H2,1H3,(H2,20,21,24,26). The van der Waals surface area contributed by atoms with Gasteiger partial charge in [-0.25, -0.2) is 9.18 Å². The van der Waals surface area contributed by atoms with Crippen molar-refractivity contribution in [1.82, 2.24) is 20.4 Å². The van der Waals surface area contributed by atoms with Gasteiger partial charge in [0.25, 0.3) is 0 Å². The van der Waals surface area contributed by atoms with Gasteiger partial charge >= 0.3 is 6.03 Å². The lowest BCUT2D eigenvalue weighted by atomic mass is 10.1. The number of hydrogen-bond donors (Lipinski definition) is 2. The van der Waals surface area contributed by atoms with Crippen molar-refractivity contribution in [3.8, 4) is 0 Å². The number of benzene rings is 1. The van der Waals surface area contributed by atoms with E-state index in [0.717, 1.165) is 5.56 Å². The van der Waals surface area contributed by atoms with Gasteiger partial charge in [-0.2, -0.15) is 0 Å². The Bertz CT molecular complexity index is 645. The molecule has 1 heterocycles. The van der Waals surface area contributed by atoms with Crippen molar-refractivity contribution in [2.75, 3.05) is 53.0 Å². The SMILES string of the molecule is COCCNC(=O)NC(=O)CN1CCN(C(=O)Cc2ccc(F)cc2)CC1. The molecule has 0 aliphatic carbocycles. The minimum Gasteiger partial charge on any atom is -0.383 e. The Kier molecular flexibility index (Phi) is 8.15. The molecule has 0 bridgehead atoms. The molecule has 27 heavy (non-hydrogen) atoms. The number of amides is 4. The van der Waals surface area contributed by atoms with Crippen LogP contribution in [-0.2, 0) is 20.7 Å². The smallest absolute Gasteiger partial charge is 0.321 e. The van der Waals surface area contributed by atoms with Crippen molar-refractivity contribution < 1.29 is 23.5 Å². The van der Waals surface area contributed by atoms with Crippen LogP contribution in [0.3, 0.4) is 0 Å². The van der Waals surface area contributed by atoms with Crippen molar-refractivity contribution in [3.63, 3.8) is 0 Å². The number of ether oxygens (including phenoxy) is 1. The number of piperazine rings is 1. The van der Waals surface area contributed by atoms with Gasteiger partial charge in [0.05, 0.1) is 19.6 Å². The molecule has 0 atom stereocenters. The highest BCUT2D eigenvalue weighted by atomic mass is 19.1. The summed E-state index contributed by atoms with van der Waals surface area (Å²) in [4.78, 5) is 39.3. The molecule has 0 unspecified atom stereocenters. The minimum atomic E-state index is -0.551. The maximum absolute atomic E-state index is 12.9. The number of hydrogen-bond acceptors (Lipinski definition) is 5. The first-order valence-corrected chi connectivity index (χ1v) is 8.79. The Balaban J connectivity index is 1.68. The number of halogens is 1. The average molecular weight is 380 g/mol. The number of imide groups is 1. The topological polar surface area (TPSA) is 91.0 Å². The molecule has 0 saturated carbocycles. The third kappa shape index (κ3) is 7.32. The van der Waals surface area contributed by atoms with Gasteiger partial charge in [0.1, 0.15) is 5.82 Å². The number of methoxy groups -OCH3 is 1. The lowest BCUT2D eigenvalue weighted by Crippen LogP contribution is -2.52. The molecule has 2 rings (SSSR count). The molecular weight excluding hydrogens is 355 g/mol. The van der Waals surface area contributed by atoms with Crippen LogP contribution in [-0.4, -0.2) is 80.6 Å². The zero-order chi connectivity index (χ0) is 19.6. The second-order valence-corrected chi connectivity index (χ2v) is 6.26. The fourth-order valence-electron chi connectivity index (χ4n) is 2.72. The molecule has 148 valence electrons. The van der Waals surface area contributed by atoms with E-state index in [2.05, 4.69) is 10.6 Å². The van der Waals surface area contributed by atoms with Crippen molar-refractivity contribution in [2.45, 2.75) is 6.42 Å². The lowest BCUT2D eigenvalue weighted by molar-refractivity contribution is -0.132. The maximum Gasteiger partial charge on any atom is 0.321 e. The van der Waals surface area contributed by atoms with Crippen molar-refractivity contribution >= 4 is 17.8 Å². The summed E-state index contributed by atoms with van der Waals surface area (Å²) in [6, 6.07) is 5.33. The molecule has 2 N–H and O–H groups in total. The van der Waals surface area contributed by atoms with Crippen LogP contribution in [0.1, 0.15) is 5.56 Å². The highest BCUT2D eigenvalue weighted by molar-refractivity contribution is 5.95. The Hall–Kier alpha value is -2.52. The highest BCUT2D eigenvalue weighted by Gasteiger charge is 2.23. The summed E-state index contributed by atoms with van der Waals surface area (Å²) in [6.07, 6.45) is 0.225. The van der Waals surface area contributed by atoms with E-state index < -0.39 is 11.9 Å². The van der Waals surface area contributed by atoms with E-state index in [-0.39, 0.29) is 24.7 Å². The summed E-state index contributed by atoms with van der Waals surface area (Å²) in [7, 11) is 1.52. The van der Waals surface area contributed by atoms with Gasteiger partial charge in [-0.15, -0.1) is 0 Å². The first kappa shape index (κ1) is 20.8. The Morgan fingerprint density at radius 1 is 1.11 bits per heavy atom. The molecule has 1 aliphatic rings. The van der Waals surface area contributed by atoms with Crippen LogP contribution >= 0.6 is 0 Å². The predicted molar refractivity (Wildman–Crippen MR) is 96.5 cm³/mol. The largest absolute Gasteiger partial charge is 0.383 e. The number of carbonyl (C=O) groups excluding carboxylic acids is 3. The molecule has 1 aliphatic heterocycles. The van der Waals surface area contributed by atoms with Gasteiger partial charge in [0.2, 0.25) is 11.8 Å². The van der Waals surface area contributed by atoms with E-state index in [1.54, 1.807) is 17.0 Å². The van der Waals surface area contributed by atoms with E-state index in [4.69, 9.17) is 4.74 Å². The van der Waals surface area contributed by atoms with Crippen molar-refractivity contribution in [3.05, 3.63) is 35.6 Å². The fraction of sp³-hybridized carbons (Fsp3) is 0.500. The van der Waals surface area contributed by atoms with Gasteiger partial charge in [0.15, 0.2) is 0 Å². The van der Waals surface area contributed by atoms with E-state index in [1.165, 1.54) is 19.2 Å². The van der Waals surface area contributed by atoms with Gasteiger partial charge in [-0.3, -0.25) is 19.8 Å². The quantitative estimate of drug-likeness (QED) is 0.649. The second-order valence-electron chi connectivity index (χ2n) is 6.26. The molecule has 0 spiro atoms. The number of nitrogens with one attached hydrogen (secondary N) is 2. The van der Waals surface area contributed by atoms with E-state index in [9.17, 15) is 18.8 Å². The summed E-state index contributed by atoms with van der Waals surface area (Å²) < 4.78 is 17.7. The van der Waals surface area contributed by atoms with Crippen LogP contribution in [0.15, 0.2) is 24.3 Å². The first-order valence-electron chi connectivity index (χ1n) is 8.79. The van der Waals surface area contributed by atoms with Gasteiger partial charge in [0, 0.05) is 39.8 Å². The normalized spacial score (nSPS) is 14.7. The van der Waals surface area contributed by atoms with Crippen LogP contribution in [0.5, 0.6) is 0 Å². The summed E-state index contributed by atoms with van der Waals surface area (Å²) in [5.74, 6) is -0.746. The second kappa shape index (κ2) is 10.6. The third-order valence-corrected chi connectivity index (χ3v) is 4.21. The fourth-order valence-corrected chi connectivity index (χ4v) is 2.72. The van der Waals surface area contributed by atoms with Crippen LogP contribution < -0.4 is 10.6 Å². The third-order valence-electron chi connectivity index (χ3n) is 4.21. The average Bonchev–Trinajstić information content (AvgIpc) is 2.64. The maximum atomic E-state index is 12.9. The zero-order valence-corrected chi connectivity index (χ0v) is 15.4. The lowest BCUT2D eigenvalue weighted by Gasteiger charge is -2.34. The summed E-state index contributed by atoms with van der Waals surface area (Å²) in [6.45, 7) is 2.90. The molecule has 1 aromatic rings. The zero-order valence-electron chi connectivity index (χ0n) is 15.4. The Labute approximate surface area is 157 Å². The summed E-state index contributed by atoms with van der Waals surface area (Å²) in [5.41, 5.74) is 0.766. The summed E-state index contributed by atoms with van der Waals surface area (Å²) >= 11 is 0. The van der Waals surface area contributed by atoms with E-state index in [1.807, 2.05) is 4.90 Å². The van der Waals surface area contributed by atoms with Gasteiger partial charge < -0.3 is 15.0 Å². The minimum absolute atomic E-state index is 0.0248. The van der Waals surface area contributed by atoms with Crippen molar-refractivity contribution in [1.29, 1.82) is 0 Å². The molecule has 0 aromatic heterocycles. The number of urea groups is 1. The van der Waals surface area contributed by atoms with E-state index in [0.29, 0.717) is 39.3 Å². The number of rotatable bonds is 7. The van der Waals surface area contributed by atoms with Gasteiger partial charge in [-0.05, 0) is 17.7 Å². The molecule has 1 saturated heterocycles. The van der Waals surface area contributed by atoms with Crippen LogP contribution in [0, 0.1) is 5.82 Å². The Morgan fingerprint density at radius 2 is 1.78 bits per heavy atom. The molecule has 4 amide bonds. The first-order chi connectivity index (χ1) is 13.0. The number of carbonyl (C=O) groups is 3. The molecular formula is C18H25FN4O4. The van der Waals surface area contributed by atoms with E-state index >= 15 is 0 Å². The predicted octanol–water partition coefficient (Wildman–Crippen LogP) is -0.0154.